The summed E-state index contributed by atoms with van der Waals surface area (Å²) in [6.07, 6.45) is 4.59. The molecule has 0 unspecified atom stereocenters. The molecule has 2 heterocycles. The summed E-state index contributed by atoms with van der Waals surface area (Å²) >= 11 is 0. The van der Waals surface area contributed by atoms with E-state index in [0.29, 0.717) is 24.7 Å². The maximum absolute atomic E-state index is 12.9. The summed E-state index contributed by atoms with van der Waals surface area (Å²) in [7, 11) is 0. The van der Waals surface area contributed by atoms with Gasteiger partial charge in [-0.2, -0.15) is 0 Å². The Labute approximate surface area is 233 Å². The Morgan fingerprint density at radius 3 is 2.33 bits per heavy atom. The quantitative estimate of drug-likeness (QED) is 0.284. The van der Waals surface area contributed by atoms with Crippen LogP contribution in [0.1, 0.15) is 70.4 Å². The lowest BCUT2D eigenvalue weighted by Gasteiger charge is -2.35. The van der Waals surface area contributed by atoms with Gasteiger partial charge in [0.15, 0.2) is 5.75 Å². The lowest BCUT2D eigenvalue weighted by molar-refractivity contribution is -0.385. The van der Waals surface area contributed by atoms with Crippen molar-refractivity contribution < 1.29 is 14.5 Å². The van der Waals surface area contributed by atoms with Crippen molar-refractivity contribution in [1.29, 1.82) is 0 Å². The van der Waals surface area contributed by atoms with Gasteiger partial charge in [-0.15, -0.1) is 0 Å². The fourth-order valence-electron chi connectivity index (χ4n) is 5.38. The highest BCUT2D eigenvalue weighted by atomic mass is 16.6. The van der Waals surface area contributed by atoms with Gasteiger partial charge < -0.3 is 19.9 Å². The summed E-state index contributed by atoms with van der Waals surface area (Å²) in [6.45, 7) is 11.0. The molecule has 1 amide bonds. The van der Waals surface area contributed by atoms with Crippen molar-refractivity contribution in [3.8, 4) is 5.75 Å². The minimum atomic E-state index is -0.407. The maximum Gasteiger partial charge on any atom is 0.311 e. The highest BCUT2D eigenvalue weighted by molar-refractivity contribution is 5.76. The van der Waals surface area contributed by atoms with Gasteiger partial charge in [0, 0.05) is 49.9 Å². The normalized spacial score (nSPS) is 17.1. The first-order chi connectivity index (χ1) is 18.3. The molecule has 2 fully saturated rings. The van der Waals surface area contributed by atoms with E-state index in [0.717, 1.165) is 64.1 Å². The van der Waals surface area contributed by atoms with E-state index in [-0.39, 0.29) is 31.0 Å². The second kappa shape index (κ2) is 14.3. The number of carbonyl (C=O) groups excluding carboxylic acids is 1. The summed E-state index contributed by atoms with van der Waals surface area (Å²) in [5, 5.41) is 14.9. The van der Waals surface area contributed by atoms with Crippen molar-refractivity contribution in [2.45, 2.75) is 72.3 Å². The van der Waals surface area contributed by atoms with E-state index in [9.17, 15) is 14.9 Å². The van der Waals surface area contributed by atoms with Gasteiger partial charge in [0.05, 0.1) is 11.5 Å². The van der Waals surface area contributed by atoms with E-state index >= 15 is 0 Å². The highest BCUT2D eigenvalue weighted by Crippen LogP contribution is 2.32. The van der Waals surface area contributed by atoms with Gasteiger partial charge in [-0.3, -0.25) is 14.9 Å². The number of piperidine rings is 2. The molecule has 0 saturated carbocycles. The first-order valence-electron chi connectivity index (χ1n) is 14.0. The first-order valence-corrected chi connectivity index (χ1v) is 14.0. The number of benzene rings is 2. The number of hydrogen-bond acceptors (Lipinski definition) is 6. The third-order valence-electron chi connectivity index (χ3n) is 7.73. The molecule has 0 aliphatic carbocycles. The number of ether oxygens (including phenoxy) is 1. The number of aryl methyl sites for hydroxylation is 1. The number of hydrogen-bond donors (Lipinski definition) is 1. The molecule has 0 aromatic heterocycles. The molecule has 1 N–H and O–H groups in total. The van der Waals surface area contributed by atoms with E-state index in [1.54, 1.807) is 12.1 Å². The van der Waals surface area contributed by atoms with Crippen molar-refractivity contribution in [1.82, 2.24) is 9.80 Å². The molecule has 2 aliphatic heterocycles. The zero-order chi connectivity index (χ0) is 27.1. The number of nitro groups is 1. The molecule has 39 heavy (non-hydrogen) atoms. The lowest BCUT2D eigenvalue weighted by atomic mass is 9.89. The smallest absolute Gasteiger partial charge is 0.311 e. The van der Waals surface area contributed by atoms with Crippen LogP contribution in [0.2, 0.25) is 0 Å². The Morgan fingerprint density at radius 2 is 1.72 bits per heavy atom. The second-order valence-corrected chi connectivity index (χ2v) is 11.2. The van der Waals surface area contributed by atoms with Crippen LogP contribution in [0, 0.1) is 23.0 Å². The third-order valence-corrected chi connectivity index (χ3v) is 7.73. The zero-order valence-corrected chi connectivity index (χ0v) is 23.0. The molecular weight excluding hydrogens is 492 g/mol. The zero-order valence-electron chi connectivity index (χ0n) is 23.0. The number of nitrogens with one attached hydrogen (secondary N) is 1. The fourth-order valence-corrected chi connectivity index (χ4v) is 5.38. The van der Waals surface area contributed by atoms with E-state index in [1.165, 1.54) is 17.2 Å². The van der Waals surface area contributed by atoms with E-state index in [4.69, 9.17) is 4.74 Å². The SMILES string of the molecule is C.Cc1ccc(C2CCN(CCC(=O)N3CCC(Nc4ccc([N+](=O)[O-])c(OCC(C)C)c4)CC3)CC2)cc1. The number of anilines is 1. The van der Waals surface area contributed by atoms with Crippen LogP contribution in [-0.2, 0) is 4.79 Å². The average Bonchev–Trinajstić information content (AvgIpc) is 2.91. The molecule has 4 rings (SSSR count). The number of rotatable bonds is 10. The summed E-state index contributed by atoms with van der Waals surface area (Å²) in [4.78, 5) is 28.3. The maximum atomic E-state index is 12.9. The Morgan fingerprint density at radius 1 is 1.05 bits per heavy atom. The Balaban J connectivity index is 0.00000420. The van der Waals surface area contributed by atoms with E-state index in [2.05, 4.69) is 41.4 Å². The van der Waals surface area contributed by atoms with Crippen LogP contribution in [0.4, 0.5) is 11.4 Å². The summed E-state index contributed by atoms with van der Waals surface area (Å²) < 4.78 is 5.71. The van der Waals surface area contributed by atoms with Crippen molar-refractivity contribution in [3.05, 3.63) is 63.7 Å². The van der Waals surface area contributed by atoms with Gasteiger partial charge >= 0.3 is 5.69 Å². The number of carbonyl (C=O) groups is 1. The molecule has 2 aromatic carbocycles. The minimum Gasteiger partial charge on any atom is -0.486 e. The largest absolute Gasteiger partial charge is 0.486 e. The van der Waals surface area contributed by atoms with Crippen molar-refractivity contribution in [2.75, 3.05) is 44.6 Å². The molecule has 214 valence electrons. The topological polar surface area (TPSA) is 88.0 Å². The van der Waals surface area contributed by atoms with Crippen molar-refractivity contribution in [3.63, 3.8) is 0 Å². The Bertz CT molecular complexity index is 1070. The number of amides is 1. The van der Waals surface area contributed by atoms with Crippen LogP contribution in [-0.4, -0.2) is 66.0 Å². The molecule has 8 heteroatoms. The molecule has 0 bridgehead atoms. The number of nitrogens with zero attached hydrogens (tertiary/aromatic N) is 3. The standard InChI is InChI=1S/C30H42N4O4.CH4/c1-22(2)21-38-29-20-27(8-9-28(29)34(36)37)31-26-12-18-33(19-13-26)30(35)14-17-32-15-10-25(11-16-32)24-6-4-23(3)5-7-24;/h4-9,20,22,25-26,31H,10-19,21H2,1-3H3;1H4. The fraction of sp³-hybridized carbons (Fsp3) is 0.581. The van der Waals surface area contributed by atoms with Gasteiger partial charge in [-0.1, -0.05) is 51.1 Å². The molecular formula is C31H46N4O4. The summed E-state index contributed by atoms with van der Waals surface area (Å²) in [5.41, 5.74) is 3.54. The monoisotopic (exact) mass is 538 g/mol. The predicted molar refractivity (Wildman–Crippen MR) is 158 cm³/mol. The van der Waals surface area contributed by atoms with Crippen LogP contribution in [0.25, 0.3) is 0 Å². The Hall–Kier alpha value is -3.13. The summed E-state index contributed by atoms with van der Waals surface area (Å²) in [6, 6.07) is 14.1. The predicted octanol–water partition coefficient (Wildman–Crippen LogP) is 6.25. The van der Waals surface area contributed by atoms with Gasteiger partial charge in [0.1, 0.15) is 0 Å². The van der Waals surface area contributed by atoms with Gasteiger partial charge in [-0.05, 0) is 69.2 Å². The molecule has 2 aliphatic rings. The van der Waals surface area contributed by atoms with Crippen LogP contribution in [0.3, 0.4) is 0 Å². The number of nitro benzene ring substituents is 1. The van der Waals surface area contributed by atoms with Crippen LogP contribution in [0.5, 0.6) is 5.75 Å². The molecule has 0 radical (unpaired) electrons. The number of likely N-dealkylation sites (tertiary alicyclic amines) is 2. The molecule has 8 nitrogen and oxygen atoms in total. The average molecular weight is 539 g/mol. The van der Waals surface area contributed by atoms with Crippen LogP contribution >= 0.6 is 0 Å². The van der Waals surface area contributed by atoms with Crippen LogP contribution < -0.4 is 10.1 Å². The molecule has 0 atom stereocenters. The minimum absolute atomic E-state index is 0. The van der Waals surface area contributed by atoms with Gasteiger partial charge in [0.25, 0.3) is 0 Å². The molecule has 2 saturated heterocycles. The first kappa shape index (κ1) is 30.4. The lowest BCUT2D eigenvalue weighted by Crippen LogP contribution is -2.43. The molecule has 2 aromatic rings. The van der Waals surface area contributed by atoms with E-state index in [1.807, 2.05) is 18.7 Å². The Kier molecular flexibility index (Phi) is 11.2. The van der Waals surface area contributed by atoms with Gasteiger partial charge in [0.2, 0.25) is 5.91 Å². The van der Waals surface area contributed by atoms with Crippen LogP contribution in [0.15, 0.2) is 42.5 Å². The van der Waals surface area contributed by atoms with Gasteiger partial charge in [-0.25, -0.2) is 0 Å². The summed E-state index contributed by atoms with van der Waals surface area (Å²) in [5.74, 6) is 1.44. The van der Waals surface area contributed by atoms with E-state index < -0.39 is 4.92 Å². The van der Waals surface area contributed by atoms with Crippen molar-refractivity contribution in [2.24, 2.45) is 5.92 Å². The highest BCUT2D eigenvalue weighted by Gasteiger charge is 2.25. The third kappa shape index (κ3) is 8.68. The second-order valence-electron chi connectivity index (χ2n) is 11.2. The molecule has 0 spiro atoms. The van der Waals surface area contributed by atoms with Crippen molar-refractivity contribution >= 4 is 17.3 Å².